The predicted molar refractivity (Wildman–Crippen MR) is 85.4 cm³/mol. The van der Waals surface area contributed by atoms with Gasteiger partial charge >= 0.3 is 0 Å². The molecular weight excluding hydrogens is 302 g/mol. The molecule has 1 aliphatic rings. The number of carbonyl (C=O) groups excluding carboxylic acids is 1. The third-order valence-corrected chi connectivity index (χ3v) is 5.35. The van der Waals surface area contributed by atoms with Gasteiger partial charge in [-0.1, -0.05) is 37.3 Å². The van der Waals surface area contributed by atoms with Crippen LogP contribution in [0.15, 0.2) is 30.3 Å². The molecule has 1 unspecified atom stereocenters. The molecule has 0 N–H and O–H groups in total. The summed E-state index contributed by atoms with van der Waals surface area (Å²) in [7, 11) is -3.38. The second kappa shape index (κ2) is 7.74. The lowest BCUT2D eigenvalue weighted by molar-refractivity contribution is -0.136. The third-order valence-electron chi connectivity index (χ3n) is 3.83. The zero-order chi connectivity index (χ0) is 16.0. The van der Waals surface area contributed by atoms with Gasteiger partial charge in [0.1, 0.15) is 5.75 Å². The van der Waals surface area contributed by atoms with E-state index in [0.29, 0.717) is 26.1 Å². The molecule has 1 fully saturated rings. The Hall–Kier alpha value is -1.40. The zero-order valence-corrected chi connectivity index (χ0v) is 13.7. The Bertz CT molecular complexity index is 585. The number of aryl methyl sites for hydroxylation is 1. The number of benzene rings is 1. The average Bonchev–Trinajstić information content (AvgIpc) is 2.54. The van der Waals surface area contributed by atoms with Gasteiger partial charge in [-0.05, 0) is 18.4 Å². The van der Waals surface area contributed by atoms with Crippen molar-refractivity contribution in [3.63, 3.8) is 0 Å². The monoisotopic (exact) mass is 325 g/mol. The molecule has 6 heteroatoms. The van der Waals surface area contributed by atoms with Crippen molar-refractivity contribution in [2.75, 3.05) is 31.2 Å². The van der Waals surface area contributed by atoms with E-state index in [-0.39, 0.29) is 17.8 Å². The molecule has 0 radical (unpaired) electrons. The molecule has 1 aromatic carbocycles. The summed E-state index contributed by atoms with van der Waals surface area (Å²) in [6, 6.07) is 9.44. The van der Waals surface area contributed by atoms with E-state index in [1.807, 2.05) is 37.3 Å². The number of hydrogen-bond acceptors (Lipinski definition) is 4. The number of rotatable bonds is 6. The Morgan fingerprint density at radius 1 is 1.32 bits per heavy atom. The van der Waals surface area contributed by atoms with Gasteiger partial charge in [0.25, 0.3) is 0 Å². The standard InChI is InChI=1S/C16H23NO4S/c1-2-15-12-17(9-10-21-15)16(18)13-22(19,20)11-8-14-6-4-3-5-7-14/h3-7,15H,2,8-13H2,1H3. The maximum Gasteiger partial charge on any atom is 0.237 e. The minimum atomic E-state index is -3.38. The maximum absolute atomic E-state index is 12.2. The Morgan fingerprint density at radius 2 is 2.05 bits per heavy atom. The molecule has 0 aliphatic carbocycles. The lowest BCUT2D eigenvalue weighted by Gasteiger charge is -2.32. The molecule has 0 bridgehead atoms. The largest absolute Gasteiger partial charge is 0.375 e. The van der Waals surface area contributed by atoms with Gasteiger partial charge in [-0.2, -0.15) is 0 Å². The van der Waals surface area contributed by atoms with E-state index in [1.165, 1.54) is 0 Å². The minimum Gasteiger partial charge on any atom is -0.375 e. The number of morpholine rings is 1. The summed E-state index contributed by atoms with van der Waals surface area (Å²) in [5, 5.41) is 0. The summed E-state index contributed by atoms with van der Waals surface area (Å²) >= 11 is 0. The molecule has 0 saturated carbocycles. The molecule has 1 heterocycles. The van der Waals surface area contributed by atoms with Crippen LogP contribution in [-0.4, -0.2) is 56.5 Å². The summed E-state index contributed by atoms with van der Waals surface area (Å²) in [6.45, 7) is 3.44. The van der Waals surface area contributed by atoms with Crippen molar-refractivity contribution in [3.8, 4) is 0 Å². The fourth-order valence-electron chi connectivity index (χ4n) is 2.46. The van der Waals surface area contributed by atoms with Crippen molar-refractivity contribution >= 4 is 15.7 Å². The zero-order valence-electron chi connectivity index (χ0n) is 12.9. The first-order valence-corrected chi connectivity index (χ1v) is 9.46. The highest BCUT2D eigenvalue weighted by molar-refractivity contribution is 7.92. The Labute approximate surface area is 132 Å². The second-order valence-electron chi connectivity index (χ2n) is 5.57. The van der Waals surface area contributed by atoms with E-state index in [0.717, 1.165) is 12.0 Å². The molecular formula is C16H23NO4S. The number of amides is 1. The quantitative estimate of drug-likeness (QED) is 0.790. The van der Waals surface area contributed by atoms with Crippen LogP contribution in [-0.2, 0) is 25.8 Å². The third kappa shape index (κ3) is 5.10. The molecule has 1 aliphatic heterocycles. The topological polar surface area (TPSA) is 63.7 Å². The molecule has 1 amide bonds. The minimum absolute atomic E-state index is 0.00427. The van der Waals surface area contributed by atoms with Gasteiger partial charge in [-0.3, -0.25) is 4.79 Å². The van der Waals surface area contributed by atoms with Crippen molar-refractivity contribution in [3.05, 3.63) is 35.9 Å². The highest BCUT2D eigenvalue weighted by Crippen LogP contribution is 2.10. The van der Waals surface area contributed by atoms with Gasteiger partial charge in [0.15, 0.2) is 9.84 Å². The number of nitrogens with zero attached hydrogens (tertiary/aromatic N) is 1. The van der Waals surface area contributed by atoms with Crippen molar-refractivity contribution in [2.45, 2.75) is 25.9 Å². The summed E-state index contributed by atoms with van der Waals surface area (Å²) < 4.78 is 29.8. The number of carbonyl (C=O) groups is 1. The van der Waals surface area contributed by atoms with Gasteiger partial charge in [-0.25, -0.2) is 8.42 Å². The maximum atomic E-state index is 12.2. The fraction of sp³-hybridized carbons (Fsp3) is 0.562. The molecule has 122 valence electrons. The lowest BCUT2D eigenvalue weighted by Crippen LogP contribution is -2.47. The van der Waals surface area contributed by atoms with E-state index in [1.54, 1.807) is 4.90 Å². The molecule has 22 heavy (non-hydrogen) atoms. The van der Waals surface area contributed by atoms with Crippen LogP contribution >= 0.6 is 0 Å². The smallest absolute Gasteiger partial charge is 0.237 e. The summed E-state index contributed by atoms with van der Waals surface area (Å²) in [6.07, 6.45) is 1.28. The molecule has 1 aromatic rings. The van der Waals surface area contributed by atoms with Gasteiger partial charge in [0.2, 0.25) is 5.91 Å². The molecule has 1 saturated heterocycles. The van der Waals surface area contributed by atoms with Crippen molar-refractivity contribution in [1.29, 1.82) is 0 Å². The number of ether oxygens (including phenoxy) is 1. The number of hydrogen-bond donors (Lipinski definition) is 0. The van der Waals surface area contributed by atoms with Crippen LogP contribution in [0.2, 0.25) is 0 Å². The van der Waals surface area contributed by atoms with Gasteiger partial charge in [0.05, 0.1) is 18.5 Å². The Kier molecular flexibility index (Phi) is 5.97. The van der Waals surface area contributed by atoms with Crippen molar-refractivity contribution in [2.24, 2.45) is 0 Å². The van der Waals surface area contributed by atoms with E-state index in [2.05, 4.69) is 0 Å². The van der Waals surface area contributed by atoms with Crippen LogP contribution in [0.4, 0.5) is 0 Å². The van der Waals surface area contributed by atoms with E-state index in [9.17, 15) is 13.2 Å². The highest BCUT2D eigenvalue weighted by Gasteiger charge is 2.26. The van der Waals surface area contributed by atoms with Crippen LogP contribution in [0.1, 0.15) is 18.9 Å². The van der Waals surface area contributed by atoms with E-state index >= 15 is 0 Å². The second-order valence-corrected chi connectivity index (χ2v) is 7.75. The summed E-state index contributed by atoms with van der Waals surface area (Å²) in [5.41, 5.74) is 0.968. The first kappa shape index (κ1) is 17.0. The van der Waals surface area contributed by atoms with E-state index < -0.39 is 15.6 Å². The van der Waals surface area contributed by atoms with Gasteiger partial charge < -0.3 is 9.64 Å². The van der Waals surface area contributed by atoms with Crippen LogP contribution < -0.4 is 0 Å². The summed E-state index contributed by atoms with van der Waals surface area (Å²) in [4.78, 5) is 13.8. The molecule has 2 rings (SSSR count). The molecule has 0 aromatic heterocycles. The Balaban J connectivity index is 1.86. The van der Waals surface area contributed by atoms with Gasteiger partial charge in [0, 0.05) is 13.1 Å². The highest BCUT2D eigenvalue weighted by atomic mass is 32.2. The normalized spacial score (nSPS) is 19.1. The van der Waals surface area contributed by atoms with Crippen molar-refractivity contribution in [1.82, 2.24) is 4.90 Å². The van der Waals surface area contributed by atoms with Gasteiger partial charge in [-0.15, -0.1) is 0 Å². The fourth-order valence-corrected chi connectivity index (χ4v) is 3.71. The van der Waals surface area contributed by atoms with Crippen molar-refractivity contribution < 1.29 is 17.9 Å². The molecule has 1 atom stereocenters. The predicted octanol–water partition coefficient (Wildman–Crippen LogP) is 1.28. The lowest BCUT2D eigenvalue weighted by atomic mass is 10.2. The van der Waals surface area contributed by atoms with Crippen LogP contribution in [0, 0.1) is 0 Å². The first-order chi connectivity index (χ1) is 10.5. The van der Waals surface area contributed by atoms with E-state index in [4.69, 9.17) is 4.74 Å². The Morgan fingerprint density at radius 3 is 2.73 bits per heavy atom. The number of sulfone groups is 1. The molecule has 0 spiro atoms. The van der Waals surface area contributed by atoms with Crippen LogP contribution in [0.3, 0.4) is 0 Å². The summed E-state index contributed by atoms with van der Waals surface area (Å²) in [5.74, 6) is -0.713. The molecule has 5 nitrogen and oxygen atoms in total. The van der Waals surface area contributed by atoms with Crippen LogP contribution in [0.5, 0.6) is 0 Å². The van der Waals surface area contributed by atoms with Crippen LogP contribution in [0.25, 0.3) is 0 Å². The first-order valence-electron chi connectivity index (χ1n) is 7.64. The average molecular weight is 325 g/mol. The SMILES string of the molecule is CCC1CN(C(=O)CS(=O)(=O)CCc2ccccc2)CCO1.